The van der Waals surface area contributed by atoms with Crippen LogP contribution in [-0.2, 0) is 26.2 Å². The third-order valence-corrected chi connectivity index (χ3v) is 1.03. The van der Waals surface area contributed by atoms with E-state index in [-0.39, 0.29) is 26.2 Å². The zero-order chi connectivity index (χ0) is 8.49. The molecule has 0 N–H and O–H groups in total. The van der Waals surface area contributed by atoms with Crippen molar-refractivity contribution in [1.29, 1.82) is 0 Å². The maximum atomic E-state index is 3.66. The van der Waals surface area contributed by atoms with E-state index in [0.29, 0.717) is 0 Å². The molecule has 0 aliphatic rings. The molecule has 0 aliphatic heterocycles. The number of aromatic nitrogens is 2. The van der Waals surface area contributed by atoms with Crippen molar-refractivity contribution in [2.75, 3.05) is 0 Å². The molecule has 0 fully saturated rings. The predicted octanol–water partition coefficient (Wildman–Crippen LogP) is 1.76. The van der Waals surface area contributed by atoms with Crippen molar-refractivity contribution in [2.24, 2.45) is 0 Å². The Hall–Kier alpha value is -0.817. The second kappa shape index (κ2) is 9.27. The van der Waals surface area contributed by atoms with Gasteiger partial charge in [0.15, 0.2) is 0 Å². The Morgan fingerprint density at radius 1 is 0.692 bits per heavy atom. The van der Waals surface area contributed by atoms with Crippen molar-refractivity contribution < 1.29 is 26.2 Å². The summed E-state index contributed by atoms with van der Waals surface area (Å²) in [7, 11) is 0. The zero-order valence-electron chi connectivity index (χ0n) is 7.01. The Bertz CT molecular complexity index is 188. The van der Waals surface area contributed by atoms with Crippen molar-refractivity contribution >= 4 is 0 Å². The summed E-state index contributed by atoms with van der Waals surface area (Å²) in [4.78, 5) is 7.32. The van der Waals surface area contributed by atoms with E-state index in [0.717, 1.165) is 0 Å². The maximum absolute atomic E-state index is 3.66. The SMILES string of the molecule is [Zr+2].[c-]1ccccn1.[c-]1ccccn1. The second-order valence-corrected chi connectivity index (χ2v) is 1.92. The number of rotatable bonds is 0. The Balaban J connectivity index is 0.000000206. The van der Waals surface area contributed by atoms with Gasteiger partial charge in [-0.3, -0.25) is 0 Å². The molecule has 13 heavy (non-hydrogen) atoms. The summed E-state index contributed by atoms with van der Waals surface area (Å²) in [6.07, 6.45) is 8.67. The van der Waals surface area contributed by atoms with Crippen molar-refractivity contribution in [3.63, 3.8) is 0 Å². The van der Waals surface area contributed by atoms with Gasteiger partial charge in [-0.15, -0.1) is 0 Å². The summed E-state index contributed by atoms with van der Waals surface area (Å²) in [5.41, 5.74) is 0. The van der Waals surface area contributed by atoms with E-state index in [1.807, 2.05) is 24.3 Å². The molecule has 2 rings (SSSR count). The van der Waals surface area contributed by atoms with Crippen LogP contribution in [0.5, 0.6) is 0 Å². The Kier molecular flexibility index (Phi) is 8.69. The molecule has 0 atom stereocenters. The number of hydrogen-bond donors (Lipinski definition) is 0. The molecule has 62 valence electrons. The molecule has 3 heteroatoms. The van der Waals surface area contributed by atoms with Crippen LogP contribution in [0.3, 0.4) is 0 Å². The topological polar surface area (TPSA) is 25.8 Å². The predicted molar refractivity (Wildman–Crippen MR) is 46.1 cm³/mol. The first-order valence-electron chi connectivity index (χ1n) is 3.54. The zero-order valence-corrected chi connectivity index (χ0v) is 9.47. The molecule has 2 heterocycles. The summed E-state index contributed by atoms with van der Waals surface area (Å²) in [5.74, 6) is 0. The maximum Gasteiger partial charge on any atom is 2.00 e. The van der Waals surface area contributed by atoms with Crippen LogP contribution >= 0.6 is 0 Å². The molecule has 0 spiro atoms. The molecule has 0 unspecified atom stereocenters. The summed E-state index contributed by atoms with van der Waals surface area (Å²) in [6, 6.07) is 11.0. The van der Waals surface area contributed by atoms with Crippen LogP contribution in [-0.4, -0.2) is 9.97 Å². The normalized spacial score (nSPS) is 7.38. The van der Waals surface area contributed by atoms with Crippen LogP contribution in [0.25, 0.3) is 0 Å². The fraction of sp³-hybridized carbons (Fsp3) is 0. The van der Waals surface area contributed by atoms with Crippen LogP contribution < -0.4 is 0 Å². The van der Waals surface area contributed by atoms with Gasteiger partial charge in [0.25, 0.3) is 0 Å². The summed E-state index contributed by atoms with van der Waals surface area (Å²) >= 11 is 0. The minimum atomic E-state index is 0. The third-order valence-electron chi connectivity index (χ3n) is 1.03. The smallest absolute Gasteiger partial charge is 0.394 e. The van der Waals surface area contributed by atoms with Gasteiger partial charge in [-0.05, 0) is 0 Å². The second-order valence-electron chi connectivity index (χ2n) is 1.92. The van der Waals surface area contributed by atoms with Gasteiger partial charge >= 0.3 is 26.2 Å². The van der Waals surface area contributed by atoms with Gasteiger partial charge < -0.3 is 9.97 Å². The molecule has 0 aliphatic carbocycles. The summed E-state index contributed by atoms with van der Waals surface area (Å²) in [6.45, 7) is 0. The summed E-state index contributed by atoms with van der Waals surface area (Å²) in [5, 5.41) is 0. The van der Waals surface area contributed by atoms with Crippen molar-refractivity contribution in [3.8, 4) is 0 Å². The van der Waals surface area contributed by atoms with E-state index in [2.05, 4.69) is 22.4 Å². The fourth-order valence-corrected chi connectivity index (χ4v) is 0.555. The molecule has 0 saturated carbocycles. The quantitative estimate of drug-likeness (QED) is 0.663. The number of nitrogens with zero attached hydrogens (tertiary/aromatic N) is 2. The number of pyridine rings is 2. The van der Waals surface area contributed by atoms with Gasteiger partial charge in [0.05, 0.1) is 0 Å². The van der Waals surface area contributed by atoms with Crippen LogP contribution in [0.1, 0.15) is 0 Å². The van der Waals surface area contributed by atoms with E-state index >= 15 is 0 Å². The van der Waals surface area contributed by atoms with E-state index in [1.54, 1.807) is 24.5 Å². The standard InChI is InChI=1S/2C5H4N.Zr/c2*1-2-4-6-5-3-1;/h2*1-4H;/q2*-1;+2. The van der Waals surface area contributed by atoms with Crippen LogP contribution in [0, 0.1) is 12.4 Å². The van der Waals surface area contributed by atoms with Gasteiger partial charge in [0.2, 0.25) is 0 Å². The van der Waals surface area contributed by atoms with Gasteiger partial charge in [-0.2, -0.15) is 36.4 Å². The minimum absolute atomic E-state index is 0. The minimum Gasteiger partial charge on any atom is -0.394 e. The van der Waals surface area contributed by atoms with Crippen molar-refractivity contribution in [1.82, 2.24) is 9.97 Å². The Morgan fingerprint density at radius 3 is 1.23 bits per heavy atom. The molecule has 2 aromatic rings. The molecule has 2 nitrogen and oxygen atoms in total. The van der Waals surface area contributed by atoms with E-state index in [1.165, 1.54) is 0 Å². The average molecular weight is 247 g/mol. The first-order chi connectivity index (χ1) is 6.00. The van der Waals surface area contributed by atoms with Crippen molar-refractivity contribution in [2.45, 2.75) is 0 Å². The molecular weight excluding hydrogens is 239 g/mol. The van der Waals surface area contributed by atoms with E-state index in [4.69, 9.17) is 0 Å². The average Bonchev–Trinajstić information content (AvgIpc) is 2.24. The molecule has 0 aromatic carbocycles. The van der Waals surface area contributed by atoms with Gasteiger partial charge in [-0.25, -0.2) is 0 Å². The molecule has 0 saturated heterocycles. The summed E-state index contributed by atoms with van der Waals surface area (Å²) < 4.78 is 0. The molecule has 0 bridgehead atoms. The Morgan fingerprint density at radius 2 is 1.15 bits per heavy atom. The fourth-order valence-electron chi connectivity index (χ4n) is 0.555. The van der Waals surface area contributed by atoms with Gasteiger partial charge in [-0.1, -0.05) is 24.8 Å². The molecule has 0 amide bonds. The van der Waals surface area contributed by atoms with Crippen LogP contribution in [0.4, 0.5) is 0 Å². The van der Waals surface area contributed by atoms with Gasteiger partial charge in [0, 0.05) is 0 Å². The first kappa shape index (κ1) is 12.2. The molecule has 2 aromatic heterocycles. The van der Waals surface area contributed by atoms with Crippen LogP contribution in [0.15, 0.2) is 48.8 Å². The van der Waals surface area contributed by atoms with E-state index in [9.17, 15) is 0 Å². The molecule has 0 radical (unpaired) electrons. The molecular formula is C10H8N2Zr. The largest absolute Gasteiger partial charge is 2.00 e. The Labute approximate surface area is 97.2 Å². The third kappa shape index (κ3) is 7.54. The first-order valence-corrected chi connectivity index (χ1v) is 3.54. The van der Waals surface area contributed by atoms with Crippen molar-refractivity contribution in [3.05, 3.63) is 61.2 Å². The van der Waals surface area contributed by atoms with E-state index < -0.39 is 0 Å². The van der Waals surface area contributed by atoms with Gasteiger partial charge in [0.1, 0.15) is 0 Å². The number of hydrogen-bond acceptors (Lipinski definition) is 2. The van der Waals surface area contributed by atoms with Crippen LogP contribution in [0.2, 0.25) is 0 Å². The monoisotopic (exact) mass is 246 g/mol.